The van der Waals surface area contributed by atoms with Gasteiger partial charge in [-0.3, -0.25) is 9.80 Å². The van der Waals surface area contributed by atoms with Crippen molar-refractivity contribution in [3.8, 4) is 5.75 Å². The van der Waals surface area contributed by atoms with Crippen molar-refractivity contribution in [1.82, 2.24) is 15.1 Å². The predicted molar refractivity (Wildman–Crippen MR) is 102 cm³/mol. The number of hydrogen-bond donors (Lipinski definition) is 1. The number of carbonyl (C=O) groups excluding carboxylic acids is 1. The van der Waals surface area contributed by atoms with Crippen molar-refractivity contribution in [3.05, 3.63) is 24.3 Å². The highest BCUT2D eigenvalue weighted by Crippen LogP contribution is 2.20. The first-order valence-electron chi connectivity index (χ1n) is 9.44. The number of anilines is 1. The average molecular weight is 362 g/mol. The predicted octanol–water partition coefficient (Wildman–Crippen LogP) is 0.266. The molecule has 1 N–H and O–H groups in total. The number of esters is 1. The van der Waals surface area contributed by atoms with Crippen LogP contribution in [0.15, 0.2) is 24.3 Å². The van der Waals surface area contributed by atoms with E-state index in [2.05, 4.69) is 36.9 Å². The van der Waals surface area contributed by atoms with Crippen LogP contribution in [0.5, 0.6) is 5.75 Å². The summed E-state index contributed by atoms with van der Waals surface area (Å²) in [6, 6.07) is 7.94. The molecule has 0 radical (unpaired) electrons. The maximum atomic E-state index is 11.1. The molecule has 1 aromatic carbocycles. The van der Waals surface area contributed by atoms with Crippen LogP contribution in [0.4, 0.5) is 5.69 Å². The normalized spacial score (nSPS) is 19.3. The summed E-state index contributed by atoms with van der Waals surface area (Å²) in [6.07, 6.45) is 0. The van der Waals surface area contributed by atoms with Crippen molar-refractivity contribution in [2.24, 2.45) is 0 Å². The molecule has 3 rings (SSSR count). The Labute approximate surface area is 155 Å². The van der Waals surface area contributed by atoms with Gasteiger partial charge in [-0.25, -0.2) is 4.79 Å². The topological polar surface area (TPSA) is 57.3 Å². The van der Waals surface area contributed by atoms with E-state index in [9.17, 15) is 4.79 Å². The summed E-state index contributed by atoms with van der Waals surface area (Å²) < 4.78 is 9.97. The Morgan fingerprint density at radius 2 is 1.58 bits per heavy atom. The standard InChI is InChI=1S/C19H30N4O3/c1-25-19(24)16-26-18-4-2-17(3-5-18)23-14-12-22(13-15-23)11-10-21-8-6-20-7-9-21/h2-5,20H,6-16H2,1H3. The zero-order valence-electron chi connectivity index (χ0n) is 15.7. The molecule has 2 aliphatic heterocycles. The van der Waals surface area contributed by atoms with E-state index in [-0.39, 0.29) is 12.6 Å². The molecule has 144 valence electrons. The Morgan fingerprint density at radius 1 is 0.962 bits per heavy atom. The van der Waals surface area contributed by atoms with E-state index in [1.54, 1.807) is 0 Å². The van der Waals surface area contributed by atoms with Gasteiger partial charge in [-0.2, -0.15) is 0 Å². The van der Waals surface area contributed by atoms with Gasteiger partial charge in [0, 0.05) is 71.1 Å². The van der Waals surface area contributed by atoms with E-state index < -0.39 is 0 Å². The maximum Gasteiger partial charge on any atom is 0.343 e. The van der Waals surface area contributed by atoms with Crippen LogP contribution in [-0.4, -0.2) is 94.9 Å². The zero-order valence-corrected chi connectivity index (χ0v) is 15.7. The average Bonchev–Trinajstić information content (AvgIpc) is 2.72. The lowest BCUT2D eigenvalue weighted by molar-refractivity contribution is -0.142. The summed E-state index contributed by atoms with van der Waals surface area (Å²) in [5, 5.41) is 3.40. The third-order valence-electron chi connectivity index (χ3n) is 5.10. The van der Waals surface area contributed by atoms with Gasteiger partial charge in [0.1, 0.15) is 5.75 Å². The highest BCUT2D eigenvalue weighted by molar-refractivity contribution is 5.70. The number of methoxy groups -OCH3 is 1. The largest absolute Gasteiger partial charge is 0.482 e. The lowest BCUT2D eigenvalue weighted by Gasteiger charge is -2.37. The second-order valence-electron chi connectivity index (χ2n) is 6.78. The molecule has 0 unspecified atom stereocenters. The van der Waals surface area contributed by atoms with Gasteiger partial charge in [0.25, 0.3) is 0 Å². The Kier molecular flexibility index (Phi) is 7.11. The molecule has 0 saturated carbocycles. The third-order valence-corrected chi connectivity index (χ3v) is 5.10. The quantitative estimate of drug-likeness (QED) is 0.699. The van der Waals surface area contributed by atoms with Crippen molar-refractivity contribution in [3.63, 3.8) is 0 Å². The van der Waals surface area contributed by atoms with Crippen LogP contribution in [-0.2, 0) is 9.53 Å². The first kappa shape index (κ1) is 18.9. The minimum atomic E-state index is -0.369. The van der Waals surface area contributed by atoms with Gasteiger partial charge in [-0.15, -0.1) is 0 Å². The molecular formula is C19H30N4O3. The molecule has 0 aliphatic carbocycles. The summed E-state index contributed by atoms with van der Waals surface area (Å²) in [4.78, 5) is 18.6. The monoisotopic (exact) mass is 362 g/mol. The second kappa shape index (κ2) is 9.75. The molecule has 2 heterocycles. The van der Waals surface area contributed by atoms with Crippen molar-refractivity contribution < 1.29 is 14.3 Å². The minimum absolute atomic E-state index is 0.0540. The fraction of sp³-hybridized carbons (Fsp3) is 0.632. The molecule has 1 aromatic rings. The van der Waals surface area contributed by atoms with E-state index in [1.165, 1.54) is 32.4 Å². The van der Waals surface area contributed by atoms with Gasteiger partial charge in [0.2, 0.25) is 0 Å². The Hall–Kier alpha value is -1.83. The highest BCUT2D eigenvalue weighted by Gasteiger charge is 2.18. The highest BCUT2D eigenvalue weighted by atomic mass is 16.6. The molecule has 2 aliphatic rings. The number of piperazine rings is 2. The lowest BCUT2D eigenvalue weighted by atomic mass is 10.2. The number of ether oxygens (including phenoxy) is 2. The van der Waals surface area contributed by atoms with Gasteiger partial charge in [-0.1, -0.05) is 0 Å². The molecule has 0 bridgehead atoms. The van der Waals surface area contributed by atoms with E-state index in [4.69, 9.17) is 4.74 Å². The number of benzene rings is 1. The molecule has 7 nitrogen and oxygen atoms in total. The lowest BCUT2D eigenvalue weighted by Crippen LogP contribution is -2.50. The minimum Gasteiger partial charge on any atom is -0.482 e. The van der Waals surface area contributed by atoms with Crippen LogP contribution in [0.1, 0.15) is 0 Å². The Bertz CT molecular complexity index is 552. The zero-order chi connectivity index (χ0) is 18.2. The number of rotatable bonds is 7. The molecule has 2 fully saturated rings. The first-order valence-corrected chi connectivity index (χ1v) is 9.44. The summed E-state index contributed by atoms with van der Waals surface area (Å²) in [5.41, 5.74) is 1.21. The molecular weight excluding hydrogens is 332 g/mol. The summed E-state index contributed by atoms with van der Waals surface area (Å²) >= 11 is 0. The van der Waals surface area contributed by atoms with Crippen LogP contribution in [0.2, 0.25) is 0 Å². The smallest absolute Gasteiger partial charge is 0.343 e. The number of nitrogens with one attached hydrogen (secondary N) is 1. The molecule has 0 amide bonds. The maximum absolute atomic E-state index is 11.1. The van der Waals surface area contributed by atoms with Gasteiger partial charge in [0.15, 0.2) is 6.61 Å². The van der Waals surface area contributed by atoms with Crippen molar-refractivity contribution in [2.75, 3.05) is 84.1 Å². The molecule has 2 saturated heterocycles. The van der Waals surface area contributed by atoms with Gasteiger partial charge in [-0.05, 0) is 24.3 Å². The molecule has 0 aromatic heterocycles. The van der Waals surface area contributed by atoms with E-state index in [1.807, 2.05) is 12.1 Å². The Morgan fingerprint density at radius 3 is 2.19 bits per heavy atom. The number of carbonyl (C=O) groups is 1. The van der Waals surface area contributed by atoms with Gasteiger partial charge >= 0.3 is 5.97 Å². The number of nitrogens with zero attached hydrogens (tertiary/aromatic N) is 3. The van der Waals surface area contributed by atoms with E-state index in [0.717, 1.165) is 45.8 Å². The fourth-order valence-electron chi connectivity index (χ4n) is 3.40. The molecule has 7 heteroatoms. The molecule has 0 atom stereocenters. The van der Waals surface area contributed by atoms with Crippen LogP contribution >= 0.6 is 0 Å². The fourth-order valence-corrected chi connectivity index (χ4v) is 3.40. The second-order valence-corrected chi connectivity index (χ2v) is 6.78. The summed E-state index contributed by atoms with van der Waals surface area (Å²) in [6.45, 7) is 11.2. The molecule has 0 spiro atoms. The van der Waals surface area contributed by atoms with Crippen molar-refractivity contribution in [1.29, 1.82) is 0 Å². The van der Waals surface area contributed by atoms with Crippen LogP contribution in [0.3, 0.4) is 0 Å². The number of hydrogen-bond acceptors (Lipinski definition) is 7. The van der Waals surface area contributed by atoms with E-state index in [0.29, 0.717) is 5.75 Å². The van der Waals surface area contributed by atoms with E-state index >= 15 is 0 Å². The van der Waals surface area contributed by atoms with Crippen LogP contribution in [0.25, 0.3) is 0 Å². The van der Waals surface area contributed by atoms with Crippen LogP contribution in [0, 0.1) is 0 Å². The summed E-state index contributed by atoms with van der Waals surface area (Å²) in [7, 11) is 1.36. The van der Waals surface area contributed by atoms with Crippen molar-refractivity contribution in [2.45, 2.75) is 0 Å². The SMILES string of the molecule is COC(=O)COc1ccc(N2CCN(CCN3CCNCC3)CC2)cc1. The third kappa shape index (κ3) is 5.59. The Balaban J connectivity index is 1.39. The van der Waals surface area contributed by atoms with Gasteiger partial charge in [0.05, 0.1) is 7.11 Å². The van der Waals surface area contributed by atoms with Crippen LogP contribution < -0.4 is 15.0 Å². The van der Waals surface area contributed by atoms with Crippen molar-refractivity contribution >= 4 is 11.7 Å². The molecule has 26 heavy (non-hydrogen) atoms. The first-order chi connectivity index (χ1) is 12.7. The van der Waals surface area contributed by atoms with Gasteiger partial charge < -0.3 is 19.7 Å². The summed E-state index contributed by atoms with van der Waals surface area (Å²) in [5.74, 6) is 0.319.